The molecule has 2 N–H and O–H groups in total. The van der Waals surface area contributed by atoms with Crippen LogP contribution in [0.3, 0.4) is 0 Å². The lowest BCUT2D eigenvalue weighted by molar-refractivity contribution is -0.00230. The molecule has 0 bridgehead atoms. The molecular weight excluding hydrogens is 300 g/mol. The van der Waals surface area contributed by atoms with Gasteiger partial charge in [0.05, 0.1) is 11.8 Å². The molecule has 1 aliphatic carbocycles. The lowest BCUT2D eigenvalue weighted by Crippen LogP contribution is -2.27. The minimum absolute atomic E-state index is 0.0992. The number of H-pyrrole nitrogens is 1. The molecular formula is C19H38N4O. The predicted octanol–water partition coefficient (Wildman–Crippen LogP) is 3.44. The number of methoxy groups -OCH3 is 1. The van der Waals surface area contributed by atoms with Crippen molar-refractivity contribution in [1.82, 2.24) is 20.4 Å². The van der Waals surface area contributed by atoms with Gasteiger partial charge in [-0.25, -0.2) is 0 Å². The zero-order chi connectivity index (χ0) is 17.8. The lowest BCUT2D eigenvalue weighted by atomic mass is 9.82. The Morgan fingerprint density at radius 1 is 1.33 bits per heavy atom. The van der Waals surface area contributed by atoms with Crippen molar-refractivity contribution in [3.8, 4) is 0 Å². The molecule has 24 heavy (non-hydrogen) atoms. The van der Waals surface area contributed by atoms with E-state index in [-0.39, 0.29) is 5.60 Å². The van der Waals surface area contributed by atoms with Crippen molar-refractivity contribution < 1.29 is 4.74 Å². The number of ether oxygens (including phenoxy) is 1. The fourth-order valence-electron chi connectivity index (χ4n) is 3.23. The van der Waals surface area contributed by atoms with Gasteiger partial charge in [0.2, 0.25) is 0 Å². The van der Waals surface area contributed by atoms with E-state index in [0.29, 0.717) is 0 Å². The molecule has 1 aromatic heterocycles. The summed E-state index contributed by atoms with van der Waals surface area (Å²) >= 11 is 0. The molecule has 1 aliphatic rings. The highest BCUT2D eigenvalue weighted by Gasteiger charge is 2.23. The molecule has 1 aromatic rings. The second-order valence-electron chi connectivity index (χ2n) is 7.62. The Morgan fingerprint density at radius 2 is 2.04 bits per heavy atom. The molecule has 1 saturated carbocycles. The van der Waals surface area contributed by atoms with Crippen LogP contribution in [0, 0.1) is 5.92 Å². The summed E-state index contributed by atoms with van der Waals surface area (Å²) in [5.74, 6) is 0.925. The van der Waals surface area contributed by atoms with E-state index in [9.17, 15) is 0 Å². The van der Waals surface area contributed by atoms with E-state index in [1.807, 2.05) is 26.6 Å². The van der Waals surface area contributed by atoms with Gasteiger partial charge >= 0.3 is 0 Å². The van der Waals surface area contributed by atoms with Gasteiger partial charge in [-0.2, -0.15) is 5.10 Å². The second-order valence-corrected chi connectivity index (χ2v) is 7.62. The van der Waals surface area contributed by atoms with Gasteiger partial charge in [0.15, 0.2) is 0 Å². The molecule has 0 spiro atoms. The molecule has 5 nitrogen and oxygen atoms in total. The average Bonchev–Trinajstić information content (AvgIpc) is 3.07. The maximum Gasteiger partial charge on any atom is 0.0625 e. The number of nitrogens with zero attached hydrogens (tertiary/aromatic N) is 2. The zero-order valence-electron chi connectivity index (χ0n) is 16.4. The Kier molecular flexibility index (Phi) is 10.2. The van der Waals surface area contributed by atoms with Crippen molar-refractivity contribution in [1.29, 1.82) is 0 Å². The normalized spacial score (nSPS) is 16.1. The third kappa shape index (κ3) is 9.40. The minimum Gasteiger partial charge on any atom is -0.379 e. The van der Waals surface area contributed by atoms with Crippen LogP contribution in [0.4, 0.5) is 0 Å². The van der Waals surface area contributed by atoms with Gasteiger partial charge in [0, 0.05) is 38.5 Å². The number of aromatic nitrogens is 2. The Labute approximate surface area is 148 Å². The van der Waals surface area contributed by atoms with E-state index in [1.54, 1.807) is 0 Å². The summed E-state index contributed by atoms with van der Waals surface area (Å²) in [6.45, 7) is 7.43. The van der Waals surface area contributed by atoms with E-state index in [4.69, 9.17) is 4.74 Å². The van der Waals surface area contributed by atoms with Crippen LogP contribution in [0.2, 0.25) is 0 Å². The van der Waals surface area contributed by atoms with E-state index >= 15 is 0 Å². The highest BCUT2D eigenvalue weighted by Crippen LogP contribution is 2.31. The van der Waals surface area contributed by atoms with Gasteiger partial charge in [0.25, 0.3) is 0 Å². The topological polar surface area (TPSA) is 53.2 Å². The first-order chi connectivity index (χ1) is 11.5. The van der Waals surface area contributed by atoms with Crippen molar-refractivity contribution >= 4 is 0 Å². The average molecular weight is 339 g/mol. The zero-order valence-corrected chi connectivity index (χ0v) is 16.4. The molecule has 0 radical (unpaired) electrons. The Morgan fingerprint density at radius 3 is 2.58 bits per heavy atom. The summed E-state index contributed by atoms with van der Waals surface area (Å²) in [7, 11) is 5.89. The highest BCUT2D eigenvalue weighted by molar-refractivity contribution is 5.01. The van der Waals surface area contributed by atoms with Crippen LogP contribution >= 0.6 is 0 Å². The van der Waals surface area contributed by atoms with Crippen LogP contribution in [0.1, 0.15) is 57.9 Å². The van der Waals surface area contributed by atoms with E-state index < -0.39 is 0 Å². The third-order valence-electron chi connectivity index (χ3n) is 4.81. The van der Waals surface area contributed by atoms with Gasteiger partial charge in [-0.15, -0.1) is 0 Å². The summed E-state index contributed by atoms with van der Waals surface area (Å²) in [6.07, 6.45) is 12.2. The summed E-state index contributed by atoms with van der Waals surface area (Å²) in [4.78, 5) is 2.25. The van der Waals surface area contributed by atoms with Crippen LogP contribution in [0.25, 0.3) is 0 Å². The Balaban J connectivity index is 0.000000240. The predicted molar refractivity (Wildman–Crippen MR) is 101 cm³/mol. The largest absolute Gasteiger partial charge is 0.379 e. The fraction of sp³-hybridized carbons (Fsp3) is 0.842. The molecule has 0 aliphatic heterocycles. The van der Waals surface area contributed by atoms with Gasteiger partial charge in [-0.05, 0) is 40.3 Å². The quantitative estimate of drug-likeness (QED) is 0.762. The van der Waals surface area contributed by atoms with Crippen molar-refractivity contribution in [2.24, 2.45) is 5.92 Å². The van der Waals surface area contributed by atoms with Crippen LogP contribution in [-0.4, -0.2) is 55.0 Å². The number of hydrogen-bond acceptors (Lipinski definition) is 4. The summed E-state index contributed by atoms with van der Waals surface area (Å²) in [5.41, 5.74) is 1.33. The van der Waals surface area contributed by atoms with Gasteiger partial charge in [0.1, 0.15) is 0 Å². The van der Waals surface area contributed by atoms with Gasteiger partial charge in [-0.1, -0.05) is 32.1 Å². The highest BCUT2D eigenvalue weighted by atomic mass is 16.5. The van der Waals surface area contributed by atoms with E-state index in [1.165, 1.54) is 44.1 Å². The van der Waals surface area contributed by atoms with Gasteiger partial charge in [-0.3, -0.25) is 5.10 Å². The molecule has 2 rings (SSSR count). The van der Waals surface area contributed by atoms with Crippen LogP contribution < -0.4 is 5.32 Å². The number of rotatable bonds is 8. The Hall–Kier alpha value is -0.910. The molecule has 0 unspecified atom stereocenters. The van der Waals surface area contributed by atoms with Crippen LogP contribution in [0.5, 0.6) is 0 Å². The summed E-state index contributed by atoms with van der Waals surface area (Å²) < 4.78 is 5.44. The number of likely N-dealkylation sites (N-methyl/N-ethyl adjacent to an activating group) is 2. The van der Waals surface area contributed by atoms with Crippen molar-refractivity contribution in [2.75, 3.05) is 34.3 Å². The van der Waals surface area contributed by atoms with Crippen molar-refractivity contribution in [3.63, 3.8) is 0 Å². The number of hydrogen-bond donors (Lipinski definition) is 2. The molecule has 1 fully saturated rings. The van der Waals surface area contributed by atoms with Crippen LogP contribution in [0.15, 0.2) is 12.4 Å². The minimum atomic E-state index is 0.0992. The molecule has 5 heteroatoms. The van der Waals surface area contributed by atoms with Crippen LogP contribution in [-0.2, 0) is 11.3 Å². The first-order valence-electron chi connectivity index (χ1n) is 9.33. The SMILES string of the molecule is CNCCN(C)Cc1cn[nH]c1.COC(C)(C)CC1CCCCC1. The lowest BCUT2D eigenvalue weighted by Gasteiger charge is -2.30. The summed E-state index contributed by atoms with van der Waals surface area (Å²) in [5, 5.41) is 9.80. The Bertz CT molecular complexity index is 400. The molecule has 0 aromatic carbocycles. The van der Waals surface area contributed by atoms with Crippen molar-refractivity contribution in [2.45, 2.75) is 64.5 Å². The van der Waals surface area contributed by atoms with Crippen molar-refractivity contribution in [3.05, 3.63) is 18.0 Å². The number of nitrogens with one attached hydrogen (secondary N) is 2. The van der Waals surface area contributed by atoms with E-state index in [2.05, 4.69) is 41.3 Å². The maximum atomic E-state index is 5.44. The first kappa shape index (κ1) is 21.1. The maximum absolute atomic E-state index is 5.44. The van der Waals surface area contributed by atoms with E-state index in [0.717, 1.165) is 25.6 Å². The second kappa shape index (κ2) is 11.6. The van der Waals surface area contributed by atoms with Gasteiger partial charge < -0.3 is 15.0 Å². The fourth-order valence-corrected chi connectivity index (χ4v) is 3.23. The molecule has 0 atom stereocenters. The monoisotopic (exact) mass is 338 g/mol. The first-order valence-corrected chi connectivity index (χ1v) is 9.33. The molecule has 140 valence electrons. The standard InChI is InChI=1S/C11H22O.C8H16N4/c1-11(2,12-3)9-10-7-5-4-6-8-10;1-9-3-4-12(2)7-8-5-10-11-6-8/h10H,4-9H2,1-3H3;5-6,9H,3-4,7H2,1-2H3,(H,10,11). The molecule has 0 saturated heterocycles. The molecule has 0 amide bonds. The summed E-state index contributed by atoms with van der Waals surface area (Å²) in [6, 6.07) is 0. The third-order valence-corrected chi connectivity index (χ3v) is 4.81. The number of aromatic amines is 1. The smallest absolute Gasteiger partial charge is 0.0625 e. The molecule has 1 heterocycles.